The van der Waals surface area contributed by atoms with Crippen LogP contribution in [0.15, 0.2) is 48.5 Å². The molecule has 2 aromatic carbocycles. The number of rotatable bonds is 5. The molecule has 1 heterocycles. The SMILES string of the molecule is CC(C)(C)C(=O)N1CCN(c2ccc(NC(=O)COc3ccccc3Cl)cc2)CC1. The Balaban J connectivity index is 1.49. The van der Waals surface area contributed by atoms with Gasteiger partial charge in [0.15, 0.2) is 6.61 Å². The van der Waals surface area contributed by atoms with E-state index in [1.165, 1.54) is 0 Å². The Hall–Kier alpha value is -2.73. The molecule has 0 unspecified atom stereocenters. The zero-order chi connectivity index (χ0) is 21.7. The summed E-state index contributed by atoms with van der Waals surface area (Å²) < 4.78 is 5.46. The highest BCUT2D eigenvalue weighted by Crippen LogP contribution is 2.24. The molecule has 1 saturated heterocycles. The number of hydrogen-bond donors (Lipinski definition) is 1. The van der Waals surface area contributed by atoms with Gasteiger partial charge in [-0.05, 0) is 36.4 Å². The second-order valence-corrected chi connectivity index (χ2v) is 8.75. The molecule has 0 bridgehead atoms. The van der Waals surface area contributed by atoms with E-state index in [2.05, 4.69) is 10.2 Å². The summed E-state index contributed by atoms with van der Waals surface area (Å²) in [5.74, 6) is 0.421. The molecule has 160 valence electrons. The number of nitrogens with zero attached hydrogens (tertiary/aromatic N) is 2. The summed E-state index contributed by atoms with van der Waals surface area (Å²) in [5, 5.41) is 3.29. The van der Waals surface area contributed by atoms with E-state index in [0.717, 1.165) is 18.8 Å². The van der Waals surface area contributed by atoms with Gasteiger partial charge in [0.1, 0.15) is 5.75 Å². The highest BCUT2D eigenvalue weighted by atomic mass is 35.5. The number of para-hydroxylation sites is 1. The van der Waals surface area contributed by atoms with Gasteiger partial charge in [-0.2, -0.15) is 0 Å². The van der Waals surface area contributed by atoms with Crippen molar-refractivity contribution in [2.75, 3.05) is 43.0 Å². The smallest absolute Gasteiger partial charge is 0.262 e. The predicted octanol–water partition coefficient (Wildman–Crippen LogP) is 4.05. The van der Waals surface area contributed by atoms with Crippen LogP contribution in [0.3, 0.4) is 0 Å². The molecular formula is C23H28ClN3O3. The largest absolute Gasteiger partial charge is 0.482 e. The number of hydrogen-bond acceptors (Lipinski definition) is 4. The van der Waals surface area contributed by atoms with Gasteiger partial charge < -0.3 is 19.9 Å². The van der Waals surface area contributed by atoms with E-state index in [0.29, 0.717) is 29.5 Å². The number of benzene rings is 2. The summed E-state index contributed by atoms with van der Waals surface area (Å²) in [6.07, 6.45) is 0. The first-order valence-electron chi connectivity index (χ1n) is 10.1. The minimum absolute atomic E-state index is 0.116. The lowest BCUT2D eigenvalue weighted by molar-refractivity contribution is -0.139. The van der Waals surface area contributed by atoms with Crippen LogP contribution in [-0.2, 0) is 9.59 Å². The fraction of sp³-hybridized carbons (Fsp3) is 0.391. The fourth-order valence-corrected chi connectivity index (χ4v) is 3.49. The Morgan fingerprint density at radius 1 is 1.00 bits per heavy atom. The van der Waals surface area contributed by atoms with Gasteiger partial charge in [0.25, 0.3) is 5.91 Å². The molecule has 0 aliphatic carbocycles. The van der Waals surface area contributed by atoms with Gasteiger partial charge in [0.05, 0.1) is 5.02 Å². The van der Waals surface area contributed by atoms with Crippen molar-refractivity contribution in [3.8, 4) is 5.75 Å². The van der Waals surface area contributed by atoms with Gasteiger partial charge in [-0.1, -0.05) is 44.5 Å². The Morgan fingerprint density at radius 3 is 2.23 bits per heavy atom. The van der Waals surface area contributed by atoms with Crippen LogP contribution < -0.4 is 15.0 Å². The predicted molar refractivity (Wildman–Crippen MR) is 120 cm³/mol. The molecule has 30 heavy (non-hydrogen) atoms. The number of halogens is 1. The second-order valence-electron chi connectivity index (χ2n) is 8.34. The van der Waals surface area contributed by atoms with E-state index >= 15 is 0 Å². The van der Waals surface area contributed by atoms with Crippen LogP contribution in [0.25, 0.3) is 0 Å². The molecule has 1 aliphatic rings. The summed E-state index contributed by atoms with van der Waals surface area (Å²) in [6.45, 7) is 8.76. The third kappa shape index (κ3) is 5.66. The molecule has 1 aliphatic heterocycles. The van der Waals surface area contributed by atoms with Crippen molar-refractivity contribution in [1.29, 1.82) is 0 Å². The lowest BCUT2D eigenvalue weighted by Gasteiger charge is -2.38. The highest BCUT2D eigenvalue weighted by Gasteiger charge is 2.29. The third-order valence-electron chi connectivity index (χ3n) is 4.92. The van der Waals surface area contributed by atoms with E-state index < -0.39 is 0 Å². The van der Waals surface area contributed by atoms with Crippen LogP contribution in [0.2, 0.25) is 5.02 Å². The Bertz CT molecular complexity index is 885. The minimum Gasteiger partial charge on any atom is -0.482 e. The number of amides is 2. The summed E-state index contributed by atoms with van der Waals surface area (Å²) in [5.41, 5.74) is 1.42. The van der Waals surface area contributed by atoms with Crippen LogP contribution >= 0.6 is 11.6 Å². The number of ether oxygens (including phenoxy) is 1. The van der Waals surface area contributed by atoms with Crippen LogP contribution in [-0.4, -0.2) is 49.5 Å². The molecule has 0 aromatic heterocycles. The second kappa shape index (κ2) is 9.39. The van der Waals surface area contributed by atoms with Gasteiger partial charge in [-0.15, -0.1) is 0 Å². The van der Waals surface area contributed by atoms with Crippen molar-refractivity contribution >= 4 is 34.8 Å². The minimum atomic E-state index is -0.350. The molecule has 0 saturated carbocycles. The van der Waals surface area contributed by atoms with Crippen molar-refractivity contribution in [2.24, 2.45) is 5.41 Å². The molecular weight excluding hydrogens is 402 g/mol. The maximum Gasteiger partial charge on any atom is 0.262 e. The first kappa shape index (κ1) is 22.0. The summed E-state index contributed by atoms with van der Waals surface area (Å²) in [7, 11) is 0. The number of carbonyl (C=O) groups is 2. The normalized spacial score (nSPS) is 14.4. The average molecular weight is 430 g/mol. The molecule has 2 amide bonds. The molecule has 1 N–H and O–H groups in total. The molecule has 1 fully saturated rings. The number of anilines is 2. The summed E-state index contributed by atoms with van der Waals surface area (Å²) in [4.78, 5) is 28.7. The lowest BCUT2D eigenvalue weighted by Crippen LogP contribution is -2.51. The molecule has 2 aromatic rings. The third-order valence-corrected chi connectivity index (χ3v) is 5.23. The van der Waals surface area contributed by atoms with Gasteiger partial charge in [0.2, 0.25) is 5.91 Å². The van der Waals surface area contributed by atoms with Crippen molar-refractivity contribution in [1.82, 2.24) is 4.90 Å². The van der Waals surface area contributed by atoms with Crippen LogP contribution in [0.1, 0.15) is 20.8 Å². The topological polar surface area (TPSA) is 61.9 Å². The van der Waals surface area contributed by atoms with E-state index in [4.69, 9.17) is 16.3 Å². The monoisotopic (exact) mass is 429 g/mol. The zero-order valence-electron chi connectivity index (χ0n) is 17.7. The van der Waals surface area contributed by atoms with E-state index in [9.17, 15) is 9.59 Å². The highest BCUT2D eigenvalue weighted by molar-refractivity contribution is 6.32. The van der Waals surface area contributed by atoms with Crippen LogP contribution in [0.5, 0.6) is 5.75 Å². The van der Waals surface area contributed by atoms with Crippen LogP contribution in [0.4, 0.5) is 11.4 Å². The van der Waals surface area contributed by atoms with Crippen LogP contribution in [0, 0.1) is 5.41 Å². The maximum atomic E-state index is 12.4. The summed E-state index contributed by atoms with van der Waals surface area (Å²) >= 11 is 6.02. The molecule has 6 nitrogen and oxygen atoms in total. The van der Waals surface area contributed by atoms with E-state index in [-0.39, 0.29) is 23.8 Å². The van der Waals surface area contributed by atoms with Crippen molar-refractivity contribution in [3.05, 3.63) is 53.6 Å². The molecule has 7 heteroatoms. The number of piperazine rings is 1. The van der Waals surface area contributed by atoms with E-state index in [1.54, 1.807) is 24.3 Å². The summed E-state index contributed by atoms with van der Waals surface area (Å²) in [6, 6.07) is 14.7. The zero-order valence-corrected chi connectivity index (χ0v) is 18.4. The first-order valence-corrected chi connectivity index (χ1v) is 10.4. The van der Waals surface area contributed by atoms with Gasteiger partial charge in [-0.3, -0.25) is 9.59 Å². The molecule has 0 spiro atoms. The first-order chi connectivity index (χ1) is 14.2. The number of carbonyl (C=O) groups excluding carboxylic acids is 2. The van der Waals surface area contributed by atoms with Crippen molar-refractivity contribution in [2.45, 2.75) is 20.8 Å². The maximum absolute atomic E-state index is 12.4. The fourth-order valence-electron chi connectivity index (χ4n) is 3.30. The molecule has 3 rings (SSSR count). The Kier molecular flexibility index (Phi) is 6.87. The van der Waals surface area contributed by atoms with Gasteiger partial charge in [-0.25, -0.2) is 0 Å². The van der Waals surface area contributed by atoms with Crippen molar-refractivity contribution < 1.29 is 14.3 Å². The lowest BCUT2D eigenvalue weighted by atomic mass is 9.94. The quantitative estimate of drug-likeness (QED) is 0.778. The van der Waals surface area contributed by atoms with Gasteiger partial charge >= 0.3 is 0 Å². The van der Waals surface area contributed by atoms with Crippen molar-refractivity contribution in [3.63, 3.8) is 0 Å². The van der Waals surface area contributed by atoms with E-state index in [1.807, 2.05) is 49.9 Å². The van der Waals surface area contributed by atoms with Gasteiger partial charge in [0, 0.05) is 43.0 Å². The Labute approximate surface area is 182 Å². The number of nitrogens with one attached hydrogen (secondary N) is 1. The standard InChI is InChI=1S/C23H28ClN3O3/c1-23(2,3)22(29)27-14-12-26(13-15-27)18-10-8-17(9-11-18)25-21(28)16-30-20-7-5-4-6-19(20)24/h4-11H,12-16H2,1-3H3,(H,25,28). The Morgan fingerprint density at radius 2 is 1.63 bits per heavy atom. The molecule has 0 atom stereocenters. The molecule has 0 radical (unpaired) electrons. The average Bonchev–Trinajstić information content (AvgIpc) is 2.73.